The average Bonchev–Trinajstić information content (AvgIpc) is 3.14. The largest absolute Gasteiger partial charge is 0.497 e. The van der Waals surface area contributed by atoms with Crippen molar-refractivity contribution in [3.8, 4) is 5.75 Å². The summed E-state index contributed by atoms with van der Waals surface area (Å²) in [7, 11) is 1.62. The molecule has 0 saturated heterocycles. The van der Waals surface area contributed by atoms with Crippen LogP contribution in [0, 0.1) is 5.82 Å². The average molecular weight is 417 g/mol. The summed E-state index contributed by atoms with van der Waals surface area (Å²) in [5.74, 6) is 0.453. The van der Waals surface area contributed by atoms with E-state index in [1.165, 1.54) is 28.4 Å². The summed E-state index contributed by atoms with van der Waals surface area (Å²) in [6.45, 7) is 7.70. The molecule has 0 saturated carbocycles. The number of likely N-dealkylation sites (N-methyl/N-ethyl adjacent to an activating group) is 1. The van der Waals surface area contributed by atoms with Crippen LogP contribution in [0.3, 0.4) is 0 Å². The third-order valence-electron chi connectivity index (χ3n) is 5.07. The summed E-state index contributed by atoms with van der Waals surface area (Å²) in [6.07, 6.45) is 0.280. The van der Waals surface area contributed by atoms with Gasteiger partial charge in [-0.15, -0.1) is 0 Å². The van der Waals surface area contributed by atoms with E-state index in [0.717, 1.165) is 35.6 Å². The van der Waals surface area contributed by atoms with Gasteiger partial charge >= 0.3 is 0 Å². The van der Waals surface area contributed by atoms with E-state index in [0.29, 0.717) is 17.2 Å². The van der Waals surface area contributed by atoms with Crippen LogP contribution < -0.4 is 14.5 Å². The summed E-state index contributed by atoms with van der Waals surface area (Å²) >= 11 is 1.36. The van der Waals surface area contributed by atoms with Crippen LogP contribution in [0.2, 0.25) is 0 Å². The van der Waals surface area contributed by atoms with Gasteiger partial charge in [-0.05, 0) is 49.7 Å². The fourth-order valence-corrected chi connectivity index (χ4v) is 4.25. The third kappa shape index (κ3) is 5.31. The number of amides is 1. The van der Waals surface area contributed by atoms with Crippen LogP contribution in [-0.4, -0.2) is 44.2 Å². The van der Waals surface area contributed by atoms with Gasteiger partial charge in [-0.1, -0.05) is 23.5 Å². The Balaban J connectivity index is 1.84. The lowest BCUT2D eigenvalue weighted by Gasteiger charge is -2.23. The minimum atomic E-state index is -0.295. The first-order chi connectivity index (χ1) is 14.0. The lowest BCUT2D eigenvalue weighted by molar-refractivity contribution is -0.894. The van der Waals surface area contributed by atoms with Gasteiger partial charge < -0.3 is 9.64 Å². The van der Waals surface area contributed by atoms with E-state index in [2.05, 4.69) is 18.8 Å². The van der Waals surface area contributed by atoms with Crippen molar-refractivity contribution in [1.29, 1.82) is 0 Å². The zero-order valence-electron chi connectivity index (χ0n) is 17.1. The molecule has 1 N–H and O–H groups in total. The Labute approximate surface area is 174 Å². The van der Waals surface area contributed by atoms with Gasteiger partial charge in [0.2, 0.25) is 5.91 Å². The van der Waals surface area contributed by atoms with E-state index in [-0.39, 0.29) is 18.1 Å². The fourth-order valence-electron chi connectivity index (χ4n) is 3.22. The van der Waals surface area contributed by atoms with E-state index in [9.17, 15) is 9.18 Å². The maximum Gasteiger partial charge on any atom is 0.233 e. The Morgan fingerprint density at radius 2 is 1.90 bits per heavy atom. The van der Waals surface area contributed by atoms with Gasteiger partial charge in [0.15, 0.2) is 5.13 Å². The maximum absolute atomic E-state index is 13.6. The molecule has 29 heavy (non-hydrogen) atoms. The van der Waals surface area contributed by atoms with Gasteiger partial charge in [-0.25, -0.2) is 9.37 Å². The molecule has 5 nitrogen and oxygen atoms in total. The molecule has 0 aliphatic rings. The zero-order chi connectivity index (χ0) is 20.8. The van der Waals surface area contributed by atoms with Gasteiger partial charge in [0, 0.05) is 0 Å². The molecule has 0 aliphatic heterocycles. The number of thiazole rings is 1. The lowest BCUT2D eigenvalue weighted by atomic mass is 10.1. The second-order valence-corrected chi connectivity index (χ2v) is 7.89. The minimum Gasteiger partial charge on any atom is -0.497 e. The number of carbonyl (C=O) groups excluding carboxylic acids is 1. The summed E-state index contributed by atoms with van der Waals surface area (Å²) in [5.41, 5.74) is 1.63. The third-order valence-corrected chi connectivity index (χ3v) is 6.12. The van der Waals surface area contributed by atoms with Gasteiger partial charge in [0.1, 0.15) is 11.6 Å². The van der Waals surface area contributed by atoms with Gasteiger partial charge in [-0.3, -0.25) is 9.69 Å². The molecule has 3 rings (SSSR count). The molecule has 0 aliphatic carbocycles. The van der Waals surface area contributed by atoms with Crippen molar-refractivity contribution < 1.29 is 18.8 Å². The topological polar surface area (TPSA) is 46.9 Å². The van der Waals surface area contributed by atoms with Crippen LogP contribution in [0.4, 0.5) is 9.52 Å². The molecule has 0 atom stereocenters. The molecule has 154 valence electrons. The second-order valence-electron chi connectivity index (χ2n) is 6.89. The molecule has 2 aromatic carbocycles. The van der Waals surface area contributed by atoms with Crippen LogP contribution >= 0.6 is 11.3 Å². The van der Waals surface area contributed by atoms with Crippen LogP contribution in [0.1, 0.15) is 19.4 Å². The number of halogens is 1. The van der Waals surface area contributed by atoms with Crippen molar-refractivity contribution in [3.63, 3.8) is 0 Å². The zero-order valence-corrected chi connectivity index (χ0v) is 17.9. The van der Waals surface area contributed by atoms with Crippen molar-refractivity contribution in [2.75, 3.05) is 38.2 Å². The van der Waals surface area contributed by atoms with Crippen LogP contribution in [0.5, 0.6) is 5.75 Å². The van der Waals surface area contributed by atoms with Crippen molar-refractivity contribution in [2.24, 2.45) is 0 Å². The van der Waals surface area contributed by atoms with Gasteiger partial charge in [-0.2, -0.15) is 0 Å². The molecule has 0 fully saturated rings. The first-order valence-corrected chi connectivity index (χ1v) is 10.7. The predicted octanol–water partition coefficient (Wildman–Crippen LogP) is 2.94. The molecule has 0 bridgehead atoms. The fraction of sp³-hybridized carbons (Fsp3) is 0.364. The van der Waals surface area contributed by atoms with E-state index in [1.54, 1.807) is 18.1 Å². The molecule has 7 heteroatoms. The van der Waals surface area contributed by atoms with E-state index >= 15 is 0 Å². The Morgan fingerprint density at radius 1 is 1.17 bits per heavy atom. The quantitative estimate of drug-likeness (QED) is 0.583. The highest BCUT2D eigenvalue weighted by Crippen LogP contribution is 2.29. The second kappa shape index (κ2) is 9.80. The summed E-state index contributed by atoms with van der Waals surface area (Å²) < 4.78 is 19.5. The van der Waals surface area contributed by atoms with Crippen molar-refractivity contribution in [2.45, 2.75) is 20.3 Å². The number of nitrogens with one attached hydrogen (secondary N) is 1. The monoisotopic (exact) mass is 416 g/mol. The smallest absolute Gasteiger partial charge is 0.233 e. The highest BCUT2D eigenvalue weighted by atomic mass is 32.1. The highest BCUT2D eigenvalue weighted by molar-refractivity contribution is 7.22. The summed E-state index contributed by atoms with van der Waals surface area (Å²) in [4.78, 5) is 20.9. The van der Waals surface area contributed by atoms with E-state index < -0.39 is 0 Å². The number of rotatable bonds is 9. The lowest BCUT2D eigenvalue weighted by Crippen LogP contribution is -3.12. The summed E-state index contributed by atoms with van der Waals surface area (Å²) in [5, 5.41) is 0.621. The molecule has 0 radical (unpaired) electrons. The number of hydrogen-bond acceptors (Lipinski definition) is 4. The van der Waals surface area contributed by atoms with Gasteiger partial charge in [0.25, 0.3) is 0 Å². The number of nitrogens with zero attached hydrogens (tertiary/aromatic N) is 2. The number of methoxy groups -OCH3 is 1. The normalized spacial score (nSPS) is 11.2. The minimum absolute atomic E-state index is 0.0127. The Hall–Kier alpha value is -2.51. The number of anilines is 1. The number of carbonyl (C=O) groups is 1. The van der Waals surface area contributed by atoms with Crippen LogP contribution in [0.25, 0.3) is 10.2 Å². The SMILES string of the molecule is CC[NH+](CC)CCN(C(=O)Cc1ccc(OC)cc1)c1nc2ccc(F)cc2s1. The standard InChI is InChI=1S/C22H26FN3O2S/c1-4-25(5-2)12-13-26(21(27)14-16-6-9-18(28-3)10-7-16)22-24-19-11-8-17(23)15-20(19)29-22/h6-11,15H,4-5,12-14H2,1-3H3/p+1. The number of benzene rings is 2. The Kier molecular flexibility index (Phi) is 7.17. The Morgan fingerprint density at radius 3 is 2.55 bits per heavy atom. The molecule has 1 aromatic heterocycles. The van der Waals surface area contributed by atoms with Crippen molar-refractivity contribution in [3.05, 3.63) is 53.8 Å². The number of aromatic nitrogens is 1. The van der Waals surface area contributed by atoms with Crippen LogP contribution in [-0.2, 0) is 11.2 Å². The number of fused-ring (bicyclic) bond motifs is 1. The molecule has 1 heterocycles. The van der Waals surface area contributed by atoms with Gasteiger partial charge in [0.05, 0.1) is 49.9 Å². The van der Waals surface area contributed by atoms with E-state index in [4.69, 9.17) is 4.74 Å². The highest BCUT2D eigenvalue weighted by Gasteiger charge is 2.22. The maximum atomic E-state index is 13.6. The number of ether oxygens (including phenoxy) is 1. The molecular weight excluding hydrogens is 389 g/mol. The first kappa shape index (κ1) is 21.2. The number of hydrogen-bond donors (Lipinski definition) is 1. The summed E-state index contributed by atoms with van der Waals surface area (Å²) in [6, 6.07) is 12.0. The molecular formula is C22H27FN3O2S+. The molecule has 0 spiro atoms. The molecule has 0 unspecified atom stereocenters. The van der Waals surface area contributed by atoms with E-state index in [1.807, 2.05) is 24.3 Å². The number of quaternary nitrogens is 1. The first-order valence-electron chi connectivity index (χ1n) is 9.87. The van der Waals surface area contributed by atoms with Crippen LogP contribution in [0.15, 0.2) is 42.5 Å². The molecule has 1 amide bonds. The Bertz CT molecular complexity index is 954. The van der Waals surface area contributed by atoms with Crippen molar-refractivity contribution >= 4 is 32.6 Å². The predicted molar refractivity (Wildman–Crippen MR) is 116 cm³/mol. The molecule has 3 aromatic rings. The van der Waals surface area contributed by atoms with Crippen molar-refractivity contribution in [1.82, 2.24) is 4.98 Å².